The third-order valence-electron chi connectivity index (χ3n) is 3.36. The standard InChI is InChI=1S/C14H26N4O2S/c1-4-9-18-12(15)11(13(19)17(2)14(18)20)16-8-6-5-7-10-21-3/h16H,4-10,15H2,1-3H3. The average Bonchev–Trinajstić information content (AvgIpc) is 2.48. The van der Waals surface area contributed by atoms with Crippen molar-refractivity contribution in [3.05, 3.63) is 20.8 Å². The summed E-state index contributed by atoms with van der Waals surface area (Å²) in [5.41, 5.74) is 5.62. The zero-order chi connectivity index (χ0) is 15.8. The molecule has 0 fully saturated rings. The quantitative estimate of drug-likeness (QED) is 0.675. The van der Waals surface area contributed by atoms with Crippen molar-refractivity contribution in [3.8, 4) is 0 Å². The van der Waals surface area contributed by atoms with E-state index in [4.69, 9.17) is 5.73 Å². The van der Waals surface area contributed by atoms with Crippen LogP contribution in [-0.2, 0) is 13.6 Å². The molecule has 0 aliphatic carbocycles. The Labute approximate surface area is 129 Å². The summed E-state index contributed by atoms with van der Waals surface area (Å²) in [5.74, 6) is 1.40. The third-order valence-corrected chi connectivity index (χ3v) is 4.05. The predicted octanol–water partition coefficient (Wildman–Crippen LogP) is 1.48. The summed E-state index contributed by atoms with van der Waals surface area (Å²) in [6.07, 6.45) is 6.15. The molecule has 0 atom stereocenters. The molecule has 0 saturated carbocycles. The van der Waals surface area contributed by atoms with Gasteiger partial charge in [0.25, 0.3) is 5.56 Å². The summed E-state index contributed by atoms with van der Waals surface area (Å²) in [5, 5.41) is 3.10. The van der Waals surface area contributed by atoms with Crippen LogP contribution in [0.2, 0.25) is 0 Å². The molecule has 1 aromatic heterocycles. The zero-order valence-electron chi connectivity index (χ0n) is 13.1. The van der Waals surface area contributed by atoms with E-state index in [1.165, 1.54) is 18.0 Å². The van der Waals surface area contributed by atoms with Crippen LogP contribution in [0, 0.1) is 0 Å². The third kappa shape index (κ3) is 4.56. The van der Waals surface area contributed by atoms with Gasteiger partial charge >= 0.3 is 5.69 Å². The van der Waals surface area contributed by atoms with Gasteiger partial charge in [0, 0.05) is 20.1 Å². The molecule has 21 heavy (non-hydrogen) atoms. The molecule has 0 bridgehead atoms. The molecule has 0 radical (unpaired) electrons. The van der Waals surface area contributed by atoms with Crippen LogP contribution >= 0.6 is 11.8 Å². The van der Waals surface area contributed by atoms with Crippen molar-refractivity contribution in [1.29, 1.82) is 0 Å². The summed E-state index contributed by atoms with van der Waals surface area (Å²) < 4.78 is 2.57. The van der Waals surface area contributed by atoms with Gasteiger partial charge in [0.1, 0.15) is 11.5 Å². The Bertz CT molecular complexity index is 565. The lowest BCUT2D eigenvalue weighted by molar-refractivity contribution is 0.600. The fourth-order valence-corrected chi connectivity index (χ4v) is 2.64. The van der Waals surface area contributed by atoms with Crippen LogP contribution < -0.4 is 22.3 Å². The number of nitrogens with one attached hydrogen (secondary N) is 1. The normalized spacial score (nSPS) is 10.8. The van der Waals surface area contributed by atoms with Crippen molar-refractivity contribution in [2.45, 2.75) is 39.2 Å². The van der Waals surface area contributed by atoms with Crippen molar-refractivity contribution in [2.75, 3.05) is 29.6 Å². The monoisotopic (exact) mass is 314 g/mol. The van der Waals surface area contributed by atoms with Gasteiger partial charge in [-0.05, 0) is 31.3 Å². The van der Waals surface area contributed by atoms with E-state index in [0.29, 0.717) is 18.8 Å². The van der Waals surface area contributed by atoms with Crippen LogP contribution in [0.5, 0.6) is 0 Å². The van der Waals surface area contributed by atoms with Gasteiger partial charge in [-0.3, -0.25) is 13.9 Å². The second kappa shape index (κ2) is 8.81. The summed E-state index contributed by atoms with van der Waals surface area (Å²) in [7, 11) is 1.49. The molecule has 0 aromatic carbocycles. The predicted molar refractivity (Wildman–Crippen MR) is 91.4 cm³/mol. The van der Waals surface area contributed by atoms with Crippen molar-refractivity contribution in [1.82, 2.24) is 9.13 Å². The van der Waals surface area contributed by atoms with Crippen LogP contribution in [0.3, 0.4) is 0 Å². The number of anilines is 2. The molecule has 0 amide bonds. The van der Waals surface area contributed by atoms with E-state index >= 15 is 0 Å². The van der Waals surface area contributed by atoms with Gasteiger partial charge < -0.3 is 11.1 Å². The number of hydrogen-bond donors (Lipinski definition) is 2. The lowest BCUT2D eigenvalue weighted by Gasteiger charge is -2.15. The smallest absolute Gasteiger partial charge is 0.332 e. The first-order valence-corrected chi connectivity index (χ1v) is 8.76. The Kier molecular flexibility index (Phi) is 7.42. The van der Waals surface area contributed by atoms with Crippen molar-refractivity contribution in [2.24, 2.45) is 7.05 Å². The van der Waals surface area contributed by atoms with Crippen LogP contribution in [0.4, 0.5) is 11.5 Å². The van der Waals surface area contributed by atoms with E-state index in [0.717, 1.165) is 29.6 Å². The zero-order valence-corrected chi connectivity index (χ0v) is 14.0. The minimum absolute atomic E-state index is 0.245. The molecule has 0 unspecified atom stereocenters. The Morgan fingerprint density at radius 3 is 2.57 bits per heavy atom. The summed E-state index contributed by atoms with van der Waals surface area (Å²) in [4.78, 5) is 24.2. The topological polar surface area (TPSA) is 82.0 Å². The number of unbranched alkanes of at least 4 members (excludes halogenated alkanes) is 2. The van der Waals surface area contributed by atoms with Gasteiger partial charge in [-0.2, -0.15) is 11.8 Å². The molecule has 7 heteroatoms. The summed E-state index contributed by atoms with van der Waals surface area (Å²) in [6, 6.07) is 0. The number of nitrogen functional groups attached to an aromatic ring is 1. The largest absolute Gasteiger partial charge is 0.383 e. The molecule has 0 aliphatic heterocycles. The number of nitrogens with two attached hydrogens (primary N) is 1. The van der Waals surface area contributed by atoms with Crippen molar-refractivity contribution in [3.63, 3.8) is 0 Å². The number of aromatic nitrogens is 2. The van der Waals surface area contributed by atoms with Crippen molar-refractivity contribution >= 4 is 23.3 Å². The Balaban J connectivity index is 2.82. The van der Waals surface area contributed by atoms with Crippen LogP contribution in [-0.4, -0.2) is 27.7 Å². The van der Waals surface area contributed by atoms with Crippen LogP contribution in [0.25, 0.3) is 0 Å². The van der Waals surface area contributed by atoms with E-state index < -0.39 is 0 Å². The number of nitrogens with zero attached hydrogens (tertiary/aromatic N) is 2. The molecule has 0 aliphatic rings. The summed E-state index contributed by atoms with van der Waals surface area (Å²) >= 11 is 1.84. The molecule has 1 aromatic rings. The number of hydrogen-bond acceptors (Lipinski definition) is 5. The van der Waals surface area contributed by atoms with Crippen LogP contribution in [0.15, 0.2) is 9.59 Å². The molecule has 3 N–H and O–H groups in total. The molecule has 120 valence electrons. The molecule has 0 saturated heterocycles. The molecular formula is C14H26N4O2S. The highest BCUT2D eigenvalue weighted by atomic mass is 32.2. The maximum atomic E-state index is 12.1. The van der Waals surface area contributed by atoms with Gasteiger partial charge in [-0.15, -0.1) is 0 Å². The van der Waals surface area contributed by atoms with Crippen molar-refractivity contribution < 1.29 is 0 Å². The maximum absolute atomic E-state index is 12.1. The number of rotatable bonds is 9. The lowest BCUT2D eigenvalue weighted by Crippen LogP contribution is -2.40. The second-order valence-corrected chi connectivity index (χ2v) is 6.02. The Hall–Kier alpha value is -1.37. The second-order valence-electron chi connectivity index (χ2n) is 5.04. The maximum Gasteiger partial charge on any atom is 0.332 e. The SMILES string of the molecule is CCCn1c(N)c(NCCCCCSC)c(=O)n(C)c1=O. The van der Waals surface area contributed by atoms with E-state index in [1.807, 2.05) is 18.7 Å². The van der Waals surface area contributed by atoms with E-state index in [9.17, 15) is 9.59 Å². The highest BCUT2D eigenvalue weighted by Gasteiger charge is 2.14. The van der Waals surface area contributed by atoms with E-state index in [2.05, 4.69) is 11.6 Å². The minimum atomic E-state index is -0.357. The summed E-state index contributed by atoms with van der Waals surface area (Å²) in [6.45, 7) is 3.18. The van der Waals surface area contributed by atoms with E-state index in [1.54, 1.807) is 0 Å². The Morgan fingerprint density at radius 1 is 1.24 bits per heavy atom. The molecular weight excluding hydrogens is 288 g/mol. The highest BCUT2D eigenvalue weighted by molar-refractivity contribution is 7.98. The first-order valence-electron chi connectivity index (χ1n) is 7.36. The molecule has 1 rings (SSSR count). The van der Waals surface area contributed by atoms with E-state index in [-0.39, 0.29) is 17.1 Å². The van der Waals surface area contributed by atoms with Crippen LogP contribution in [0.1, 0.15) is 32.6 Å². The minimum Gasteiger partial charge on any atom is -0.383 e. The Morgan fingerprint density at radius 2 is 1.95 bits per heavy atom. The van der Waals surface area contributed by atoms with Gasteiger partial charge in [-0.1, -0.05) is 13.3 Å². The highest BCUT2D eigenvalue weighted by Crippen LogP contribution is 2.11. The fraction of sp³-hybridized carbons (Fsp3) is 0.714. The van der Waals surface area contributed by atoms with Gasteiger partial charge in [0.2, 0.25) is 0 Å². The fourth-order valence-electron chi connectivity index (χ4n) is 2.15. The van der Waals surface area contributed by atoms with Gasteiger partial charge in [0.05, 0.1) is 0 Å². The first kappa shape index (κ1) is 17.7. The number of thioether (sulfide) groups is 1. The lowest BCUT2D eigenvalue weighted by atomic mass is 10.2. The molecule has 0 spiro atoms. The first-order chi connectivity index (χ1) is 10.0. The average molecular weight is 314 g/mol. The van der Waals surface area contributed by atoms with Gasteiger partial charge in [0.15, 0.2) is 0 Å². The van der Waals surface area contributed by atoms with Gasteiger partial charge in [-0.25, -0.2) is 4.79 Å². The molecule has 6 nitrogen and oxygen atoms in total. The molecule has 1 heterocycles.